The number of hydrogen-bond donors (Lipinski definition) is 1. The smallest absolute Gasteiger partial charge is 0.138 e. The highest BCUT2D eigenvalue weighted by molar-refractivity contribution is 8.00. The Labute approximate surface area is 101 Å². The van der Waals surface area contributed by atoms with Crippen LogP contribution in [0.3, 0.4) is 0 Å². The third-order valence-corrected chi connectivity index (χ3v) is 4.48. The highest BCUT2D eigenvalue weighted by atomic mass is 32.2. The molecule has 88 valence electrons. The fourth-order valence-electron chi connectivity index (χ4n) is 2.28. The van der Waals surface area contributed by atoms with Crippen molar-refractivity contribution in [3.63, 3.8) is 0 Å². The first kappa shape index (κ1) is 11.8. The zero-order valence-corrected chi connectivity index (χ0v) is 10.4. The lowest BCUT2D eigenvalue weighted by Gasteiger charge is -2.26. The van der Waals surface area contributed by atoms with E-state index in [1.807, 2.05) is 0 Å². The van der Waals surface area contributed by atoms with Crippen LogP contribution in [0, 0.1) is 11.7 Å². The van der Waals surface area contributed by atoms with E-state index in [0.29, 0.717) is 10.9 Å². The summed E-state index contributed by atoms with van der Waals surface area (Å²) in [5.41, 5.74) is 6.03. The predicted octanol–water partition coefficient (Wildman–Crippen LogP) is 4.08. The summed E-state index contributed by atoms with van der Waals surface area (Å²) in [6.45, 7) is 2.28. The normalized spacial score (nSPS) is 25.6. The lowest BCUT2D eigenvalue weighted by atomic mass is 9.91. The van der Waals surface area contributed by atoms with E-state index in [4.69, 9.17) is 5.73 Å². The van der Waals surface area contributed by atoms with Gasteiger partial charge in [0.2, 0.25) is 0 Å². The molecule has 1 aromatic rings. The van der Waals surface area contributed by atoms with Crippen LogP contribution in [0.15, 0.2) is 23.1 Å². The number of nitrogens with two attached hydrogens (primary N) is 1. The van der Waals surface area contributed by atoms with E-state index < -0.39 is 0 Å². The van der Waals surface area contributed by atoms with E-state index in [-0.39, 0.29) is 5.82 Å². The molecule has 0 heterocycles. The number of nitrogen functional groups attached to an aromatic ring is 1. The maximum atomic E-state index is 13.6. The predicted molar refractivity (Wildman–Crippen MR) is 68.1 cm³/mol. The molecule has 0 amide bonds. The molecule has 1 aromatic carbocycles. The molecule has 0 aliphatic heterocycles. The Morgan fingerprint density at radius 1 is 1.38 bits per heavy atom. The Balaban J connectivity index is 2.02. The molecule has 2 atom stereocenters. The molecular weight excluding hydrogens is 221 g/mol. The molecule has 1 aliphatic rings. The van der Waals surface area contributed by atoms with E-state index in [0.717, 1.165) is 10.8 Å². The van der Waals surface area contributed by atoms with Gasteiger partial charge in [-0.05, 0) is 37.0 Å². The van der Waals surface area contributed by atoms with E-state index >= 15 is 0 Å². The molecule has 0 saturated heterocycles. The molecule has 1 aliphatic carbocycles. The number of benzene rings is 1. The number of thioether (sulfide) groups is 1. The van der Waals surface area contributed by atoms with Crippen molar-refractivity contribution >= 4 is 17.4 Å². The maximum absolute atomic E-state index is 13.6. The van der Waals surface area contributed by atoms with Gasteiger partial charge in [0, 0.05) is 15.8 Å². The number of rotatable bonds is 2. The SMILES string of the molecule is CC1CCCC(Sc2ccc(N)cc2F)C1. The summed E-state index contributed by atoms with van der Waals surface area (Å²) in [6.07, 6.45) is 5.00. The monoisotopic (exact) mass is 239 g/mol. The van der Waals surface area contributed by atoms with Gasteiger partial charge in [0.15, 0.2) is 0 Å². The van der Waals surface area contributed by atoms with Gasteiger partial charge >= 0.3 is 0 Å². The topological polar surface area (TPSA) is 26.0 Å². The molecule has 1 nitrogen and oxygen atoms in total. The van der Waals surface area contributed by atoms with Gasteiger partial charge in [0.25, 0.3) is 0 Å². The fraction of sp³-hybridized carbons (Fsp3) is 0.538. The van der Waals surface area contributed by atoms with E-state index in [9.17, 15) is 4.39 Å². The summed E-state index contributed by atoms with van der Waals surface area (Å²) in [5.74, 6) is 0.603. The highest BCUT2D eigenvalue weighted by Crippen LogP contribution is 2.37. The highest BCUT2D eigenvalue weighted by Gasteiger charge is 2.20. The summed E-state index contributed by atoms with van der Waals surface area (Å²) in [7, 11) is 0. The zero-order chi connectivity index (χ0) is 11.5. The van der Waals surface area contributed by atoms with E-state index in [1.165, 1.54) is 31.7 Å². The second-order valence-electron chi connectivity index (χ2n) is 4.70. The first-order chi connectivity index (χ1) is 7.65. The van der Waals surface area contributed by atoms with Crippen molar-refractivity contribution in [3.05, 3.63) is 24.0 Å². The lowest BCUT2D eigenvalue weighted by Crippen LogP contribution is -2.15. The van der Waals surface area contributed by atoms with Crippen molar-refractivity contribution in [1.29, 1.82) is 0 Å². The van der Waals surface area contributed by atoms with E-state index in [2.05, 4.69) is 6.92 Å². The van der Waals surface area contributed by atoms with Crippen LogP contribution in [-0.2, 0) is 0 Å². The van der Waals surface area contributed by atoms with Gasteiger partial charge in [-0.15, -0.1) is 11.8 Å². The second-order valence-corrected chi connectivity index (χ2v) is 6.04. The quantitative estimate of drug-likeness (QED) is 0.787. The number of hydrogen-bond acceptors (Lipinski definition) is 2. The van der Waals surface area contributed by atoms with Gasteiger partial charge < -0.3 is 5.73 Å². The van der Waals surface area contributed by atoms with Gasteiger partial charge in [0.1, 0.15) is 5.82 Å². The van der Waals surface area contributed by atoms with Crippen LogP contribution < -0.4 is 5.73 Å². The first-order valence-corrected chi connectivity index (χ1v) is 6.75. The number of halogens is 1. The van der Waals surface area contributed by atoms with Crippen molar-refractivity contribution in [2.24, 2.45) is 5.92 Å². The Bertz CT molecular complexity index is 367. The van der Waals surface area contributed by atoms with Crippen LogP contribution in [0.2, 0.25) is 0 Å². The minimum atomic E-state index is -0.178. The van der Waals surface area contributed by atoms with Crippen LogP contribution in [-0.4, -0.2) is 5.25 Å². The van der Waals surface area contributed by atoms with Crippen LogP contribution in [0.4, 0.5) is 10.1 Å². The van der Waals surface area contributed by atoms with E-state index in [1.54, 1.807) is 23.9 Å². The Morgan fingerprint density at radius 2 is 2.19 bits per heavy atom. The molecule has 0 spiro atoms. The van der Waals surface area contributed by atoms with Crippen molar-refractivity contribution < 1.29 is 4.39 Å². The molecule has 0 aromatic heterocycles. The molecular formula is C13H18FNS. The summed E-state index contributed by atoms with van der Waals surface area (Å²) in [5, 5.41) is 0.571. The molecule has 1 saturated carbocycles. The average molecular weight is 239 g/mol. The zero-order valence-electron chi connectivity index (χ0n) is 9.58. The van der Waals surface area contributed by atoms with Gasteiger partial charge in [-0.25, -0.2) is 4.39 Å². The van der Waals surface area contributed by atoms with Gasteiger partial charge in [-0.3, -0.25) is 0 Å². The van der Waals surface area contributed by atoms with Crippen molar-refractivity contribution in [2.75, 3.05) is 5.73 Å². The maximum Gasteiger partial charge on any atom is 0.138 e. The Hall–Kier alpha value is -0.700. The van der Waals surface area contributed by atoms with Gasteiger partial charge in [0.05, 0.1) is 0 Å². The van der Waals surface area contributed by atoms with Gasteiger partial charge in [-0.2, -0.15) is 0 Å². The molecule has 0 radical (unpaired) electrons. The molecule has 2 unspecified atom stereocenters. The summed E-state index contributed by atoms with van der Waals surface area (Å²) in [6, 6.07) is 4.99. The standard InChI is InChI=1S/C13H18FNS/c1-9-3-2-4-11(7-9)16-13-6-5-10(15)8-12(13)14/h5-6,8-9,11H,2-4,7,15H2,1H3. The fourth-order valence-corrected chi connectivity index (χ4v) is 3.66. The minimum absolute atomic E-state index is 0.178. The van der Waals surface area contributed by atoms with Crippen LogP contribution >= 0.6 is 11.8 Å². The largest absolute Gasteiger partial charge is 0.399 e. The summed E-state index contributed by atoms with van der Waals surface area (Å²) >= 11 is 1.67. The van der Waals surface area contributed by atoms with Gasteiger partial charge in [-0.1, -0.05) is 19.8 Å². The molecule has 0 bridgehead atoms. The third kappa shape index (κ3) is 2.91. The van der Waals surface area contributed by atoms with Crippen LogP contribution in [0.5, 0.6) is 0 Å². The number of anilines is 1. The Morgan fingerprint density at radius 3 is 2.88 bits per heavy atom. The van der Waals surface area contributed by atoms with Crippen molar-refractivity contribution in [1.82, 2.24) is 0 Å². The summed E-state index contributed by atoms with van der Waals surface area (Å²) < 4.78 is 13.6. The average Bonchev–Trinajstić information content (AvgIpc) is 2.22. The summed E-state index contributed by atoms with van der Waals surface area (Å²) in [4.78, 5) is 0.744. The van der Waals surface area contributed by atoms with Crippen molar-refractivity contribution in [3.8, 4) is 0 Å². The lowest BCUT2D eigenvalue weighted by molar-refractivity contribution is 0.394. The molecule has 1 fully saturated rings. The molecule has 16 heavy (non-hydrogen) atoms. The minimum Gasteiger partial charge on any atom is -0.399 e. The second kappa shape index (κ2) is 5.09. The van der Waals surface area contributed by atoms with Crippen LogP contribution in [0.25, 0.3) is 0 Å². The Kier molecular flexibility index (Phi) is 3.74. The third-order valence-electron chi connectivity index (χ3n) is 3.14. The molecule has 2 rings (SSSR count). The molecule has 2 N–H and O–H groups in total. The van der Waals surface area contributed by atoms with Crippen LogP contribution in [0.1, 0.15) is 32.6 Å². The first-order valence-electron chi connectivity index (χ1n) is 5.87. The van der Waals surface area contributed by atoms with Crippen molar-refractivity contribution in [2.45, 2.75) is 42.8 Å². The molecule has 3 heteroatoms.